The molecule has 6 heteroatoms. The fourth-order valence-electron chi connectivity index (χ4n) is 2.24. The van der Waals surface area contributed by atoms with Crippen molar-refractivity contribution in [2.24, 2.45) is 0 Å². The van der Waals surface area contributed by atoms with E-state index in [1.165, 1.54) is 0 Å². The second kappa shape index (κ2) is 6.15. The number of aromatic nitrogens is 3. The molecule has 0 bridgehead atoms. The fraction of sp³-hybridized carbons (Fsp3) is 0.833. The van der Waals surface area contributed by atoms with Gasteiger partial charge in [0.2, 0.25) is 5.95 Å². The number of rotatable bonds is 5. The normalized spacial score (nSPS) is 17.7. The van der Waals surface area contributed by atoms with E-state index < -0.39 is 0 Å². The Hall–Kier alpha value is -1.14. The number of likely N-dealkylation sites (N-methyl/N-ethyl adjacent to an activating group) is 1. The van der Waals surface area contributed by atoms with Gasteiger partial charge < -0.3 is 15.1 Å². The van der Waals surface area contributed by atoms with Gasteiger partial charge in [-0.15, -0.1) is 5.10 Å². The largest absolute Gasteiger partial charge is 0.339 e. The van der Waals surface area contributed by atoms with Crippen molar-refractivity contribution in [3.05, 3.63) is 5.82 Å². The van der Waals surface area contributed by atoms with Gasteiger partial charge in [-0.25, -0.2) is 0 Å². The monoisotopic (exact) mass is 252 g/mol. The summed E-state index contributed by atoms with van der Waals surface area (Å²) in [6, 6.07) is 0.647. The van der Waals surface area contributed by atoms with Crippen LogP contribution in [0.15, 0.2) is 0 Å². The molecule has 0 aliphatic carbocycles. The Morgan fingerprint density at radius 3 is 2.72 bits per heavy atom. The van der Waals surface area contributed by atoms with E-state index in [2.05, 4.69) is 44.4 Å². The summed E-state index contributed by atoms with van der Waals surface area (Å²) in [7, 11) is 6.17. The van der Waals surface area contributed by atoms with Gasteiger partial charge in [-0.1, -0.05) is 0 Å². The number of H-pyrrole nitrogens is 1. The minimum absolute atomic E-state index is 0.647. The Balaban J connectivity index is 1.86. The zero-order valence-corrected chi connectivity index (χ0v) is 11.6. The van der Waals surface area contributed by atoms with E-state index in [1.54, 1.807) is 0 Å². The van der Waals surface area contributed by atoms with E-state index in [0.717, 1.165) is 50.7 Å². The fourth-order valence-corrected chi connectivity index (χ4v) is 2.24. The van der Waals surface area contributed by atoms with Gasteiger partial charge in [0.05, 0.1) is 0 Å². The summed E-state index contributed by atoms with van der Waals surface area (Å²) in [5, 5.41) is 10.7. The Labute approximate surface area is 109 Å². The summed E-state index contributed by atoms with van der Waals surface area (Å²) >= 11 is 0. The van der Waals surface area contributed by atoms with Crippen LogP contribution in [-0.2, 0) is 6.42 Å². The van der Waals surface area contributed by atoms with E-state index >= 15 is 0 Å². The van der Waals surface area contributed by atoms with Crippen LogP contribution in [0.2, 0.25) is 0 Å². The number of nitrogens with zero attached hydrogens (tertiary/aromatic N) is 4. The van der Waals surface area contributed by atoms with Crippen molar-refractivity contribution in [3.63, 3.8) is 0 Å². The molecule has 1 fully saturated rings. The Kier molecular flexibility index (Phi) is 4.54. The number of hydrogen-bond donors (Lipinski definition) is 2. The summed E-state index contributed by atoms with van der Waals surface area (Å²) in [6.45, 7) is 3.07. The molecular formula is C12H24N6. The van der Waals surface area contributed by atoms with Gasteiger partial charge in [0.1, 0.15) is 5.82 Å². The first kappa shape index (κ1) is 13.3. The van der Waals surface area contributed by atoms with Crippen molar-refractivity contribution in [1.29, 1.82) is 0 Å². The van der Waals surface area contributed by atoms with Crippen LogP contribution in [0.5, 0.6) is 0 Å². The van der Waals surface area contributed by atoms with Gasteiger partial charge in [-0.05, 0) is 34.0 Å². The zero-order chi connectivity index (χ0) is 13.0. The number of piperidine rings is 1. The first-order chi connectivity index (χ1) is 8.69. The molecule has 0 aromatic carbocycles. The Bertz CT molecular complexity index is 353. The molecule has 2 N–H and O–H groups in total. The SMILES string of the molecule is CNC1CCN(c2n[nH]c(CCN(C)C)n2)CC1. The number of nitrogens with one attached hydrogen (secondary N) is 2. The van der Waals surface area contributed by atoms with E-state index in [4.69, 9.17) is 0 Å². The Morgan fingerprint density at radius 1 is 1.39 bits per heavy atom. The van der Waals surface area contributed by atoms with Crippen LogP contribution in [0.3, 0.4) is 0 Å². The molecule has 0 amide bonds. The molecule has 2 rings (SSSR count). The van der Waals surface area contributed by atoms with Crippen LogP contribution in [0.1, 0.15) is 18.7 Å². The van der Waals surface area contributed by atoms with E-state index in [1.807, 2.05) is 7.05 Å². The third kappa shape index (κ3) is 3.43. The lowest BCUT2D eigenvalue weighted by atomic mass is 10.1. The minimum atomic E-state index is 0.647. The van der Waals surface area contributed by atoms with Crippen molar-refractivity contribution in [2.45, 2.75) is 25.3 Å². The highest BCUT2D eigenvalue weighted by atomic mass is 15.4. The lowest BCUT2D eigenvalue weighted by Crippen LogP contribution is -2.41. The molecule has 0 spiro atoms. The van der Waals surface area contributed by atoms with Crippen LogP contribution in [0, 0.1) is 0 Å². The molecular weight excluding hydrogens is 228 g/mol. The van der Waals surface area contributed by atoms with Crippen LogP contribution < -0.4 is 10.2 Å². The van der Waals surface area contributed by atoms with Crippen molar-refractivity contribution in [3.8, 4) is 0 Å². The molecule has 1 aromatic heterocycles. The van der Waals surface area contributed by atoms with Crippen LogP contribution >= 0.6 is 0 Å². The quantitative estimate of drug-likeness (QED) is 0.778. The molecule has 18 heavy (non-hydrogen) atoms. The predicted octanol–water partition coefficient (Wildman–Crippen LogP) is 0.0970. The van der Waals surface area contributed by atoms with Crippen molar-refractivity contribution >= 4 is 5.95 Å². The van der Waals surface area contributed by atoms with Crippen LogP contribution in [0.25, 0.3) is 0 Å². The zero-order valence-electron chi connectivity index (χ0n) is 11.6. The summed E-state index contributed by atoms with van der Waals surface area (Å²) in [6.07, 6.45) is 3.25. The lowest BCUT2D eigenvalue weighted by molar-refractivity contribution is 0.409. The molecule has 1 aromatic rings. The third-order valence-corrected chi connectivity index (χ3v) is 3.50. The standard InChI is InChI=1S/C12H24N6/c1-13-10-4-8-18(9-5-10)12-14-11(15-16-12)6-7-17(2)3/h10,13H,4-9H2,1-3H3,(H,14,15,16). The predicted molar refractivity (Wildman–Crippen MR) is 72.9 cm³/mol. The average molecular weight is 252 g/mol. The minimum Gasteiger partial charge on any atom is -0.339 e. The topological polar surface area (TPSA) is 60.1 Å². The van der Waals surface area contributed by atoms with Crippen LogP contribution in [0.4, 0.5) is 5.95 Å². The summed E-state index contributed by atoms with van der Waals surface area (Å²) in [5.74, 6) is 1.84. The molecule has 6 nitrogen and oxygen atoms in total. The number of aromatic amines is 1. The molecule has 0 unspecified atom stereocenters. The molecule has 0 atom stereocenters. The van der Waals surface area contributed by atoms with Gasteiger partial charge in [-0.3, -0.25) is 5.10 Å². The number of hydrogen-bond acceptors (Lipinski definition) is 5. The summed E-state index contributed by atoms with van der Waals surface area (Å²) in [4.78, 5) is 8.99. The molecule has 0 saturated carbocycles. The first-order valence-electron chi connectivity index (χ1n) is 6.67. The van der Waals surface area contributed by atoms with E-state index in [0.29, 0.717) is 6.04 Å². The average Bonchev–Trinajstić information content (AvgIpc) is 2.85. The molecule has 102 valence electrons. The molecule has 2 heterocycles. The molecule has 1 aliphatic rings. The van der Waals surface area contributed by atoms with Gasteiger partial charge in [0.15, 0.2) is 0 Å². The molecule has 1 aliphatic heterocycles. The molecule has 0 radical (unpaired) electrons. The van der Waals surface area contributed by atoms with Gasteiger partial charge in [-0.2, -0.15) is 4.98 Å². The summed E-state index contributed by atoms with van der Waals surface area (Å²) < 4.78 is 0. The number of anilines is 1. The van der Waals surface area contributed by atoms with Crippen LogP contribution in [-0.4, -0.2) is 66.9 Å². The first-order valence-corrected chi connectivity index (χ1v) is 6.67. The summed E-state index contributed by atoms with van der Waals surface area (Å²) in [5.41, 5.74) is 0. The van der Waals surface area contributed by atoms with E-state index in [-0.39, 0.29) is 0 Å². The van der Waals surface area contributed by atoms with Gasteiger partial charge in [0.25, 0.3) is 0 Å². The van der Waals surface area contributed by atoms with Crippen molar-refractivity contribution in [1.82, 2.24) is 25.4 Å². The van der Waals surface area contributed by atoms with Gasteiger partial charge in [0, 0.05) is 32.1 Å². The second-order valence-electron chi connectivity index (χ2n) is 5.19. The van der Waals surface area contributed by atoms with Crippen molar-refractivity contribution in [2.75, 3.05) is 45.7 Å². The third-order valence-electron chi connectivity index (χ3n) is 3.50. The maximum atomic E-state index is 4.57. The maximum absolute atomic E-state index is 4.57. The lowest BCUT2D eigenvalue weighted by Gasteiger charge is -2.30. The Morgan fingerprint density at radius 2 is 2.11 bits per heavy atom. The van der Waals surface area contributed by atoms with Gasteiger partial charge >= 0.3 is 0 Å². The second-order valence-corrected chi connectivity index (χ2v) is 5.19. The van der Waals surface area contributed by atoms with E-state index in [9.17, 15) is 0 Å². The highest BCUT2D eigenvalue weighted by Gasteiger charge is 2.20. The highest BCUT2D eigenvalue weighted by Crippen LogP contribution is 2.15. The smallest absolute Gasteiger partial charge is 0.244 e. The maximum Gasteiger partial charge on any atom is 0.244 e. The van der Waals surface area contributed by atoms with Crippen molar-refractivity contribution < 1.29 is 0 Å². The molecule has 1 saturated heterocycles. The highest BCUT2D eigenvalue weighted by molar-refractivity contribution is 5.29.